The van der Waals surface area contributed by atoms with Crippen LogP contribution < -0.4 is 16.0 Å². The quantitative estimate of drug-likeness (QED) is 0.463. The molecule has 0 saturated heterocycles. The predicted molar refractivity (Wildman–Crippen MR) is 86.3 cm³/mol. The lowest BCUT2D eigenvalue weighted by molar-refractivity contribution is 0.385. The lowest BCUT2D eigenvalue weighted by Gasteiger charge is -2.19. The van der Waals surface area contributed by atoms with E-state index in [1.807, 2.05) is 12.1 Å². The van der Waals surface area contributed by atoms with Gasteiger partial charge in [-0.05, 0) is 64.0 Å². The second-order valence-electron chi connectivity index (χ2n) is 4.16. The highest BCUT2D eigenvalue weighted by Crippen LogP contribution is 2.30. The third-order valence-electron chi connectivity index (χ3n) is 2.94. The fourth-order valence-corrected chi connectivity index (χ4v) is 2.79. The van der Waals surface area contributed by atoms with E-state index in [1.54, 1.807) is 18.2 Å². The number of nitrogens with one attached hydrogen (secondary N) is 1. The molecule has 0 spiro atoms. The van der Waals surface area contributed by atoms with Gasteiger partial charge in [0.25, 0.3) is 0 Å². The summed E-state index contributed by atoms with van der Waals surface area (Å²) in [5.74, 6) is 5.40. The van der Waals surface area contributed by atoms with Crippen LogP contribution in [0, 0.1) is 9.39 Å². The zero-order valence-electron chi connectivity index (χ0n) is 10.7. The summed E-state index contributed by atoms with van der Waals surface area (Å²) in [5.41, 5.74) is 4.29. The van der Waals surface area contributed by atoms with Crippen molar-refractivity contribution in [2.75, 3.05) is 7.11 Å². The van der Waals surface area contributed by atoms with Gasteiger partial charge in [0, 0.05) is 8.59 Å². The van der Waals surface area contributed by atoms with E-state index in [0.717, 1.165) is 9.13 Å². The number of hydrogen-bond donors (Lipinski definition) is 2. The molecule has 0 aliphatic carbocycles. The topological polar surface area (TPSA) is 47.3 Å². The van der Waals surface area contributed by atoms with Crippen molar-refractivity contribution < 1.29 is 9.13 Å². The highest BCUT2D eigenvalue weighted by Gasteiger charge is 2.17. The molecule has 1 unspecified atom stereocenters. The molecule has 0 heterocycles. The van der Waals surface area contributed by atoms with Gasteiger partial charge in [-0.15, -0.1) is 0 Å². The van der Waals surface area contributed by atoms with Gasteiger partial charge >= 0.3 is 0 Å². The van der Waals surface area contributed by atoms with Crippen LogP contribution in [0.2, 0.25) is 5.02 Å². The Balaban J connectivity index is 2.46. The molecule has 106 valence electrons. The number of methoxy groups -OCH3 is 1. The molecular formula is C14H13ClFIN2O. The molecule has 0 aromatic heterocycles. The summed E-state index contributed by atoms with van der Waals surface area (Å²) in [7, 11) is 1.43. The van der Waals surface area contributed by atoms with Crippen molar-refractivity contribution in [2.45, 2.75) is 6.04 Å². The van der Waals surface area contributed by atoms with Crippen molar-refractivity contribution in [1.29, 1.82) is 0 Å². The Labute approximate surface area is 135 Å². The number of hydrazine groups is 1. The van der Waals surface area contributed by atoms with Crippen molar-refractivity contribution in [1.82, 2.24) is 5.43 Å². The summed E-state index contributed by atoms with van der Waals surface area (Å²) >= 11 is 8.21. The molecule has 0 aliphatic heterocycles. The summed E-state index contributed by atoms with van der Waals surface area (Å²) in [4.78, 5) is 0. The molecule has 2 aromatic rings. The maximum Gasteiger partial charge on any atom is 0.165 e. The van der Waals surface area contributed by atoms with E-state index in [9.17, 15) is 4.39 Å². The van der Waals surface area contributed by atoms with E-state index in [2.05, 4.69) is 28.0 Å². The number of rotatable bonds is 4. The minimum Gasteiger partial charge on any atom is -0.494 e. The second-order valence-corrected chi connectivity index (χ2v) is 5.76. The zero-order valence-corrected chi connectivity index (χ0v) is 13.6. The van der Waals surface area contributed by atoms with E-state index in [1.165, 1.54) is 13.2 Å². The molecule has 1 atom stereocenters. The van der Waals surface area contributed by atoms with Crippen LogP contribution in [0.4, 0.5) is 4.39 Å². The van der Waals surface area contributed by atoms with Crippen molar-refractivity contribution in [3.8, 4) is 5.75 Å². The number of hydrogen-bond acceptors (Lipinski definition) is 3. The molecule has 0 fully saturated rings. The molecular weight excluding hydrogens is 394 g/mol. The van der Waals surface area contributed by atoms with Crippen LogP contribution in [0.25, 0.3) is 0 Å². The van der Waals surface area contributed by atoms with Gasteiger partial charge in [-0.2, -0.15) is 0 Å². The molecule has 0 radical (unpaired) electrons. The molecule has 0 saturated carbocycles. The van der Waals surface area contributed by atoms with Gasteiger partial charge in [-0.3, -0.25) is 5.84 Å². The Morgan fingerprint density at radius 3 is 2.65 bits per heavy atom. The van der Waals surface area contributed by atoms with Crippen LogP contribution >= 0.6 is 34.2 Å². The maximum absolute atomic E-state index is 13.8. The van der Waals surface area contributed by atoms with Gasteiger partial charge in [0.05, 0.1) is 13.2 Å². The Bertz CT molecular complexity index is 624. The molecule has 6 heteroatoms. The van der Waals surface area contributed by atoms with Crippen LogP contribution in [0.15, 0.2) is 36.4 Å². The van der Waals surface area contributed by atoms with Gasteiger partial charge in [-0.25, -0.2) is 9.82 Å². The Kier molecular flexibility index (Phi) is 5.20. The van der Waals surface area contributed by atoms with Crippen LogP contribution in [-0.2, 0) is 0 Å². The van der Waals surface area contributed by atoms with Crippen LogP contribution in [0.1, 0.15) is 17.2 Å². The lowest BCUT2D eigenvalue weighted by Crippen LogP contribution is -2.29. The second kappa shape index (κ2) is 6.71. The average molecular weight is 407 g/mol. The minimum absolute atomic E-state index is 0.199. The number of benzene rings is 2. The third-order valence-corrected chi connectivity index (χ3v) is 4.16. The molecule has 3 N–H and O–H groups in total. The summed E-state index contributed by atoms with van der Waals surface area (Å²) in [6.07, 6.45) is 0. The number of nitrogens with two attached hydrogens (primary N) is 1. The normalized spacial score (nSPS) is 12.2. The molecule has 0 bridgehead atoms. The number of ether oxygens (including phenoxy) is 1. The molecule has 2 aromatic carbocycles. The Hall–Kier alpha value is -0.890. The van der Waals surface area contributed by atoms with Crippen LogP contribution in [0.3, 0.4) is 0 Å². The number of halogens is 3. The molecule has 0 amide bonds. The Morgan fingerprint density at radius 1 is 1.30 bits per heavy atom. The predicted octanol–water partition coefficient (Wildman–Crippen LogP) is 3.65. The largest absolute Gasteiger partial charge is 0.494 e. The summed E-state index contributed by atoms with van der Waals surface area (Å²) in [5, 5.41) is 0.606. The van der Waals surface area contributed by atoms with Crippen molar-refractivity contribution in [2.24, 2.45) is 5.84 Å². The zero-order chi connectivity index (χ0) is 14.7. The minimum atomic E-state index is -0.428. The summed E-state index contributed by atoms with van der Waals surface area (Å²) in [6, 6.07) is 9.91. The average Bonchev–Trinajstić information content (AvgIpc) is 2.44. The van der Waals surface area contributed by atoms with Gasteiger partial charge in [0.1, 0.15) is 0 Å². The SMILES string of the molecule is COc1ccc(C(NN)c2cc(Cl)ccc2I)cc1F. The maximum atomic E-state index is 13.8. The van der Waals surface area contributed by atoms with Gasteiger partial charge in [0.15, 0.2) is 11.6 Å². The van der Waals surface area contributed by atoms with Gasteiger partial charge < -0.3 is 4.74 Å². The van der Waals surface area contributed by atoms with E-state index >= 15 is 0 Å². The van der Waals surface area contributed by atoms with Crippen LogP contribution in [0.5, 0.6) is 5.75 Å². The van der Waals surface area contributed by atoms with E-state index < -0.39 is 5.82 Å². The Morgan fingerprint density at radius 2 is 2.05 bits per heavy atom. The first kappa shape index (κ1) is 15.5. The first-order valence-corrected chi connectivity index (χ1v) is 7.27. The van der Waals surface area contributed by atoms with E-state index in [4.69, 9.17) is 22.2 Å². The van der Waals surface area contributed by atoms with E-state index in [-0.39, 0.29) is 11.8 Å². The van der Waals surface area contributed by atoms with E-state index in [0.29, 0.717) is 10.6 Å². The standard InChI is InChI=1S/C14H13ClFIN2O/c1-20-13-5-2-8(6-11(13)16)14(19-18)10-7-9(15)3-4-12(10)17/h2-7,14,19H,18H2,1H3. The smallest absolute Gasteiger partial charge is 0.165 e. The highest BCUT2D eigenvalue weighted by molar-refractivity contribution is 14.1. The van der Waals surface area contributed by atoms with Crippen molar-refractivity contribution >= 4 is 34.2 Å². The summed E-state index contributed by atoms with van der Waals surface area (Å²) < 4.78 is 19.7. The summed E-state index contributed by atoms with van der Waals surface area (Å²) in [6.45, 7) is 0. The van der Waals surface area contributed by atoms with Crippen molar-refractivity contribution in [3.63, 3.8) is 0 Å². The van der Waals surface area contributed by atoms with Crippen LogP contribution in [-0.4, -0.2) is 7.11 Å². The third kappa shape index (κ3) is 3.22. The molecule has 3 nitrogen and oxygen atoms in total. The monoisotopic (exact) mass is 406 g/mol. The lowest BCUT2D eigenvalue weighted by atomic mass is 9.99. The van der Waals surface area contributed by atoms with Gasteiger partial charge in [-0.1, -0.05) is 17.7 Å². The first-order chi connectivity index (χ1) is 9.56. The molecule has 2 rings (SSSR count). The fourth-order valence-electron chi connectivity index (χ4n) is 1.96. The highest BCUT2D eigenvalue weighted by atomic mass is 127. The fraction of sp³-hybridized carbons (Fsp3) is 0.143. The molecule has 20 heavy (non-hydrogen) atoms. The van der Waals surface area contributed by atoms with Gasteiger partial charge in [0.2, 0.25) is 0 Å². The molecule has 0 aliphatic rings. The van der Waals surface area contributed by atoms with Crippen molar-refractivity contribution in [3.05, 3.63) is 61.9 Å². The first-order valence-electron chi connectivity index (χ1n) is 5.81.